The van der Waals surface area contributed by atoms with Crippen LogP contribution < -0.4 is 10.6 Å². The first-order valence-electron chi connectivity index (χ1n) is 9.22. The summed E-state index contributed by atoms with van der Waals surface area (Å²) in [6, 6.07) is 5.78. The fourth-order valence-corrected chi connectivity index (χ4v) is 3.79. The predicted octanol–water partition coefficient (Wildman–Crippen LogP) is 3.82. The predicted molar refractivity (Wildman–Crippen MR) is 97.0 cm³/mol. The second-order valence-corrected chi connectivity index (χ2v) is 7.22. The van der Waals surface area contributed by atoms with E-state index in [2.05, 4.69) is 25.2 Å². The summed E-state index contributed by atoms with van der Waals surface area (Å²) in [6.07, 6.45) is 11.0. The van der Waals surface area contributed by atoms with Crippen LogP contribution in [0.5, 0.6) is 0 Å². The van der Waals surface area contributed by atoms with E-state index in [1.807, 2.05) is 30.7 Å². The van der Waals surface area contributed by atoms with Gasteiger partial charge in [-0.05, 0) is 50.3 Å². The van der Waals surface area contributed by atoms with Crippen molar-refractivity contribution >= 4 is 22.8 Å². The molecule has 2 heterocycles. The van der Waals surface area contributed by atoms with E-state index in [4.69, 9.17) is 4.42 Å². The van der Waals surface area contributed by atoms with Crippen molar-refractivity contribution in [3.8, 4) is 0 Å². The molecule has 1 aromatic carbocycles. The Hall–Kier alpha value is -2.83. The number of oxazole rings is 1. The summed E-state index contributed by atoms with van der Waals surface area (Å²) >= 11 is 0. The smallest absolute Gasteiger partial charge is 0.319 e. The van der Waals surface area contributed by atoms with Crippen molar-refractivity contribution in [3.05, 3.63) is 42.8 Å². The van der Waals surface area contributed by atoms with Gasteiger partial charge in [0.25, 0.3) is 0 Å². The van der Waals surface area contributed by atoms with Crippen LogP contribution in [0.2, 0.25) is 0 Å². The van der Waals surface area contributed by atoms with E-state index in [-0.39, 0.29) is 18.1 Å². The van der Waals surface area contributed by atoms with Crippen molar-refractivity contribution in [1.29, 1.82) is 0 Å². The third kappa shape index (κ3) is 2.94. The molecule has 26 heavy (non-hydrogen) atoms. The van der Waals surface area contributed by atoms with Gasteiger partial charge in [-0.1, -0.05) is 0 Å². The molecule has 2 saturated carbocycles. The number of urea groups is 1. The van der Waals surface area contributed by atoms with Crippen molar-refractivity contribution in [3.63, 3.8) is 0 Å². The minimum absolute atomic E-state index is 0.112. The van der Waals surface area contributed by atoms with Crippen LogP contribution in [0.3, 0.4) is 0 Å². The van der Waals surface area contributed by atoms with Crippen LogP contribution in [0.15, 0.2) is 41.3 Å². The highest BCUT2D eigenvalue weighted by Gasteiger charge is 2.30. The normalized spacial score (nSPS) is 22.6. The number of amides is 2. The first-order valence-corrected chi connectivity index (χ1v) is 9.22. The molecule has 0 saturated heterocycles. The van der Waals surface area contributed by atoms with Gasteiger partial charge in [-0.3, -0.25) is 0 Å². The van der Waals surface area contributed by atoms with Gasteiger partial charge in [0.05, 0.1) is 18.4 Å². The van der Waals surface area contributed by atoms with Gasteiger partial charge in [-0.25, -0.2) is 14.8 Å². The monoisotopic (exact) mass is 351 g/mol. The summed E-state index contributed by atoms with van der Waals surface area (Å²) in [5.74, 6) is 1.29. The third-order valence-electron chi connectivity index (χ3n) is 5.29. The number of hydrogen-bond acceptors (Lipinski definition) is 4. The van der Waals surface area contributed by atoms with E-state index in [1.165, 1.54) is 0 Å². The molecule has 0 unspecified atom stereocenters. The Morgan fingerprint density at radius 2 is 2.15 bits per heavy atom. The lowest BCUT2D eigenvalue weighted by molar-refractivity contribution is 0.245. The fraction of sp³-hybridized carbons (Fsp3) is 0.421. The van der Waals surface area contributed by atoms with Gasteiger partial charge >= 0.3 is 6.03 Å². The molecule has 7 nitrogen and oxygen atoms in total. The van der Waals surface area contributed by atoms with Crippen molar-refractivity contribution < 1.29 is 9.21 Å². The number of nitrogens with zero attached hydrogens (tertiary/aromatic N) is 3. The minimum Gasteiger partial charge on any atom is -0.440 e. The Kier molecular flexibility index (Phi) is 3.65. The average Bonchev–Trinajstić information content (AvgIpc) is 3.01. The van der Waals surface area contributed by atoms with E-state index in [1.54, 1.807) is 6.20 Å². The maximum Gasteiger partial charge on any atom is 0.319 e. The number of benzene rings is 1. The van der Waals surface area contributed by atoms with Gasteiger partial charge in [0.2, 0.25) is 0 Å². The molecule has 2 atom stereocenters. The van der Waals surface area contributed by atoms with Crippen LogP contribution in [-0.2, 0) is 0 Å². The molecule has 2 N–H and O–H groups in total. The lowest BCUT2D eigenvalue weighted by Crippen LogP contribution is -2.40. The SMILES string of the molecule is O=C(Nc1ccc2oc(C3CC3)nc2c1)N[C@H]1CCC[C@H]1n1ccnc1. The molecule has 2 aliphatic carbocycles. The van der Waals surface area contributed by atoms with Crippen LogP contribution >= 0.6 is 0 Å². The molecular formula is C19H21N5O2. The van der Waals surface area contributed by atoms with Gasteiger partial charge < -0.3 is 19.6 Å². The van der Waals surface area contributed by atoms with E-state index in [9.17, 15) is 4.79 Å². The minimum atomic E-state index is -0.188. The Morgan fingerprint density at radius 1 is 1.23 bits per heavy atom. The lowest BCUT2D eigenvalue weighted by atomic mass is 10.2. The van der Waals surface area contributed by atoms with Crippen LogP contribution in [0.1, 0.15) is 50.0 Å². The number of carbonyl (C=O) groups is 1. The number of anilines is 1. The van der Waals surface area contributed by atoms with Gasteiger partial charge in [0.15, 0.2) is 11.5 Å². The maximum atomic E-state index is 12.5. The zero-order valence-corrected chi connectivity index (χ0v) is 14.4. The van der Waals surface area contributed by atoms with Crippen molar-refractivity contribution in [2.75, 3.05) is 5.32 Å². The second-order valence-electron chi connectivity index (χ2n) is 7.22. The molecule has 0 spiro atoms. The number of nitrogens with one attached hydrogen (secondary N) is 2. The number of rotatable bonds is 4. The fourth-order valence-electron chi connectivity index (χ4n) is 3.79. The molecule has 3 aromatic rings. The summed E-state index contributed by atoms with van der Waals surface area (Å²) in [5, 5.41) is 6.03. The summed E-state index contributed by atoms with van der Waals surface area (Å²) in [4.78, 5) is 21.1. The number of imidazole rings is 1. The van der Waals surface area contributed by atoms with Crippen LogP contribution in [0, 0.1) is 0 Å². The molecule has 2 aliphatic rings. The molecule has 0 aliphatic heterocycles. The van der Waals surface area contributed by atoms with Gasteiger partial charge in [-0.15, -0.1) is 0 Å². The first kappa shape index (κ1) is 15.4. The Labute approximate surface area is 150 Å². The number of hydrogen-bond donors (Lipinski definition) is 2. The average molecular weight is 351 g/mol. The quantitative estimate of drug-likeness (QED) is 0.748. The van der Waals surface area contributed by atoms with Crippen molar-refractivity contribution in [2.45, 2.75) is 50.1 Å². The molecule has 134 valence electrons. The largest absolute Gasteiger partial charge is 0.440 e. The van der Waals surface area contributed by atoms with E-state index in [0.717, 1.165) is 54.8 Å². The first-order chi connectivity index (χ1) is 12.8. The Morgan fingerprint density at radius 3 is 2.96 bits per heavy atom. The topological polar surface area (TPSA) is 85.0 Å². The van der Waals surface area contributed by atoms with Gasteiger partial charge in [-0.2, -0.15) is 0 Å². The number of carbonyl (C=O) groups excluding carboxylic acids is 1. The van der Waals surface area contributed by atoms with Gasteiger partial charge in [0.1, 0.15) is 5.52 Å². The molecule has 5 rings (SSSR count). The van der Waals surface area contributed by atoms with Crippen molar-refractivity contribution in [2.24, 2.45) is 0 Å². The number of fused-ring (bicyclic) bond motifs is 1. The van der Waals surface area contributed by atoms with Crippen LogP contribution in [0.4, 0.5) is 10.5 Å². The van der Waals surface area contributed by atoms with Crippen LogP contribution in [0.25, 0.3) is 11.1 Å². The molecule has 2 amide bonds. The van der Waals surface area contributed by atoms with E-state index >= 15 is 0 Å². The summed E-state index contributed by atoms with van der Waals surface area (Å²) in [5.41, 5.74) is 2.29. The lowest BCUT2D eigenvalue weighted by Gasteiger charge is -2.22. The maximum absolute atomic E-state index is 12.5. The van der Waals surface area contributed by atoms with Gasteiger partial charge in [0, 0.05) is 24.0 Å². The highest BCUT2D eigenvalue weighted by atomic mass is 16.3. The van der Waals surface area contributed by atoms with Crippen molar-refractivity contribution in [1.82, 2.24) is 19.9 Å². The summed E-state index contributed by atoms with van der Waals surface area (Å²) in [7, 11) is 0. The second kappa shape index (κ2) is 6.16. The number of aromatic nitrogens is 3. The molecule has 2 fully saturated rings. The third-order valence-corrected chi connectivity index (χ3v) is 5.29. The molecule has 0 bridgehead atoms. The summed E-state index contributed by atoms with van der Waals surface area (Å²) < 4.78 is 7.85. The highest BCUT2D eigenvalue weighted by molar-refractivity contribution is 5.91. The summed E-state index contributed by atoms with van der Waals surface area (Å²) in [6.45, 7) is 0. The zero-order valence-electron chi connectivity index (χ0n) is 14.4. The molecule has 0 radical (unpaired) electrons. The Balaban J connectivity index is 1.27. The highest BCUT2D eigenvalue weighted by Crippen LogP contribution is 2.40. The standard InChI is InChI=1S/C19H21N5O2/c25-19(23-14-2-1-3-16(14)24-9-8-20-11-24)21-13-6-7-17-15(10-13)22-18(26-17)12-4-5-12/h6-12,14,16H,1-5H2,(H2,21,23,25)/t14-,16+/m0/s1. The molecule has 7 heteroatoms. The Bertz CT molecular complexity index is 929. The van der Waals surface area contributed by atoms with Crippen LogP contribution in [-0.4, -0.2) is 26.6 Å². The zero-order chi connectivity index (χ0) is 17.5. The van der Waals surface area contributed by atoms with E-state index < -0.39 is 0 Å². The molecule has 2 aromatic heterocycles. The van der Waals surface area contributed by atoms with E-state index in [0.29, 0.717) is 5.92 Å². The molecular weight excluding hydrogens is 330 g/mol.